The van der Waals surface area contributed by atoms with Crippen LogP contribution in [-0.4, -0.2) is 21.1 Å². The molecule has 0 atom stereocenters. The first-order valence-corrected chi connectivity index (χ1v) is 6.74. The first-order chi connectivity index (χ1) is 10.7. The molecular formula is C16H14N4O2. The first kappa shape index (κ1) is 13.8. The fraction of sp³-hybridized carbons (Fsp3) is 0.0625. The molecule has 3 rings (SSSR count). The molecular weight excluding hydrogens is 280 g/mol. The number of aryl methyl sites for hydroxylation is 1. The van der Waals surface area contributed by atoms with Gasteiger partial charge in [0.15, 0.2) is 0 Å². The van der Waals surface area contributed by atoms with Gasteiger partial charge in [0.2, 0.25) is 5.95 Å². The highest BCUT2D eigenvalue weighted by Gasteiger charge is 2.10. The molecule has 22 heavy (non-hydrogen) atoms. The van der Waals surface area contributed by atoms with Crippen LogP contribution in [0.2, 0.25) is 0 Å². The van der Waals surface area contributed by atoms with Crippen LogP contribution in [0.1, 0.15) is 15.9 Å². The molecule has 0 spiro atoms. The third kappa shape index (κ3) is 3.29. The van der Waals surface area contributed by atoms with E-state index in [0.29, 0.717) is 11.3 Å². The van der Waals surface area contributed by atoms with Gasteiger partial charge in [-0.2, -0.15) is 4.98 Å². The Morgan fingerprint density at radius 1 is 1.09 bits per heavy atom. The van der Waals surface area contributed by atoms with E-state index in [2.05, 4.69) is 20.5 Å². The molecule has 2 aromatic carbocycles. The van der Waals surface area contributed by atoms with E-state index >= 15 is 0 Å². The highest BCUT2D eigenvalue weighted by molar-refractivity contribution is 6.03. The highest BCUT2D eigenvalue weighted by atomic mass is 16.5. The Balaban J connectivity index is 1.66. The smallest absolute Gasteiger partial charge is 0.342 e. The summed E-state index contributed by atoms with van der Waals surface area (Å²) in [7, 11) is 0. The second-order valence-corrected chi connectivity index (χ2v) is 4.70. The Hall–Kier alpha value is -3.15. The Labute approximate surface area is 127 Å². The lowest BCUT2D eigenvalue weighted by atomic mass is 10.1. The number of para-hydroxylation sites is 1. The average molecular weight is 294 g/mol. The summed E-state index contributed by atoms with van der Waals surface area (Å²) in [5.41, 5.74) is 1.64. The van der Waals surface area contributed by atoms with E-state index in [1.165, 1.54) is 0 Å². The number of amides is 1. The van der Waals surface area contributed by atoms with Crippen molar-refractivity contribution in [3.05, 3.63) is 65.7 Å². The van der Waals surface area contributed by atoms with E-state index in [4.69, 9.17) is 4.74 Å². The molecule has 0 fully saturated rings. The van der Waals surface area contributed by atoms with Gasteiger partial charge in [0, 0.05) is 5.56 Å². The lowest BCUT2D eigenvalue weighted by Crippen LogP contribution is -2.12. The predicted octanol–water partition coefficient (Wildman–Crippen LogP) is 3.16. The number of hydrogen-bond acceptors (Lipinski definition) is 4. The molecule has 0 aliphatic rings. The molecule has 110 valence electrons. The standard InChI is InChI=1S/C16H14N4O2/c1-11-7-9-12(10-8-11)14(21)17-15-18-16(20-19-15)22-13-5-3-2-4-6-13/h2-10H,1H3,(H2,17,18,19,20,21). The van der Waals surface area contributed by atoms with Crippen LogP contribution in [0.5, 0.6) is 11.8 Å². The van der Waals surface area contributed by atoms with Gasteiger partial charge in [0.05, 0.1) is 0 Å². The van der Waals surface area contributed by atoms with Crippen LogP contribution < -0.4 is 10.1 Å². The number of aromatic nitrogens is 3. The van der Waals surface area contributed by atoms with E-state index < -0.39 is 0 Å². The Kier molecular flexibility index (Phi) is 3.82. The zero-order chi connectivity index (χ0) is 15.4. The van der Waals surface area contributed by atoms with Crippen LogP contribution in [0, 0.1) is 6.92 Å². The summed E-state index contributed by atoms with van der Waals surface area (Å²) < 4.78 is 5.46. The van der Waals surface area contributed by atoms with Gasteiger partial charge in [-0.25, -0.2) is 5.10 Å². The maximum absolute atomic E-state index is 12.1. The summed E-state index contributed by atoms with van der Waals surface area (Å²) in [5.74, 6) is 0.594. The van der Waals surface area contributed by atoms with Crippen molar-refractivity contribution in [1.29, 1.82) is 0 Å². The molecule has 1 aromatic heterocycles. The number of carbonyl (C=O) groups excluding carboxylic acids is 1. The molecule has 6 heteroatoms. The summed E-state index contributed by atoms with van der Waals surface area (Å²) in [5, 5.41) is 9.16. The summed E-state index contributed by atoms with van der Waals surface area (Å²) in [6.07, 6.45) is 0. The second-order valence-electron chi connectivity index (χ2n) is 4.70. The summed E-state index contributed by atoms with van der Waals surface area (Å²) in [6.45, 7) is 1.96. The van der Waals surface area contributed by atoms with Crippen LogP contribution in [0.3, 0.4) is 0 Å². The predicted molar refractivity (Wildman–Crippen MR) is 82.0 cm³/mol. The number of anilines is 1. The fourth-order valence-electron chi connectivity index (χ4n) is 1.83. The molecule has 3 aromatic rings. The van der Waals surface area contributed by atoms with E-state index in [9.17, 15) is 4.79 Å². The van der Waals surface area contributed by atoms with Crippen molar-refractivity contribution in [2.24, 2.45) is 0 Å². The molecule has 6 nitrogen and oxygen atoms in total. The number of carbonyl (C=O) groups is 1. The number of H-pyrrole nitrogens is 1. The molecule has 0 bridgehead atoms. The fourth-order valence-corrected chi connectivity index (χ4v) is 1.83. The number of hydrogen-bond donors (Lipinski definition) is 2. The summed E-state index contributed by atoms with van der Waals surface area (Å²) >= 11 is 0. The van der Waals surface area contributed by atoms with E-state index in [1.54, 1.807) is 24.3 Å². The molecule has 0 aliphatic heterocycles. The minimum absolute atomic E-state index is 0.144. The van der Waals surface area contributed by atoms with Crippen molar-refractivity contribution in [1.82, 2.24) is 15.2 Å². The van der Waals surface area contributed by atoms with Gasteiger partial charge >= 0.3 is 6.01 Å². The minimum atomic E-state index is -0.262. The third-order valence-electron chi connectivity index (χ3n) is 2.96. The molecule has 1 heterocycles. The topological polar surface area (TPSA) is 79.9 Å². The average Bonchev–Trinajstić information content (AvgIpc) is 2.96. The molecule has 0 unspecified atom stereocenters. The lowest BCUT2D eigenvalue weighted by Gasteiger charge is -2.01. The first-order valence-electron chi connectivity index (χ1n) is 6.74. The van der Waals surface area contributed by atoms with Gasteiger partial charge < -0.3 is 4.74 Å². The third-order valence-corrected chi connectivity index (χ3v) is 2.96. The van der Waals surface area contributed by atoms with Crippen molar-refractivity contribution < 1.29 is 9.53 Å². The van der Waals surface area contributed by atoms with Crippen LogP contribution in [-0.2, 0) is 0 Å². The van der Waals surface area contributed by atoms with Crippen molar-refractivity contribution in [2.75, 3.05) is 5.32 Å². The second kappa shape index (κ2) is 6.09. The summed E-state index contributed by atoms with van der Waals surface area (Å²) in [4.78, 5) is 16.1. The van der Waals surface area contributed by atoms with E-state index in [1.807, 2.05) is 37.3 Å². The largest absolute Gasteiger partial charge is 0.423 e. The van der Waals surface area contributed by atoms with Crippen LogP contribution in [0.4, 0.5) is 5.95 Å². The van der Waals surface area contributed by atoms with Crippen LogP contribution >= 0.6 is 0 Å². The number of aromatic amines is 1. The number of benzene rings is 2. The van der Waals surface area contributed by atoms with E-state index in [0.717, 1.165) is 5.56 Å². The van der Waals surface area contributed by atoms with E-state index in [-0.39, 0.29) is 17.9 Å². The maximum Gasteiger partial charge on any atom is 0.342 e. The number of ether oxygens (including phenoxy) is 1. The number of nitrogens with one attached hydrogen (secondary N) is 2. The number of nitrogens with zero attached hydrogens (tertiary/aromatic N) is 2. The monoisotopic (exact) mass is 294 g/mol. The van der Waals surface area contributed by atoms with Crippen LogP contribution in [0.15, 0.2) is 54.6 Å². The van der Waals surface area contributed by atoms with Crippen molar-refractivity contribution in [2.45, 2.75) is 6.92 Å². The van der Waals surface area contributed by atoms with Crippen LogP contribution in [0.25, 0.3) is 0 Å². The van der Waals surface area contributed by atoms with Gasteiger partial charge in [-0.05, 0) is 31.2 Å². The highest BCUT2D eigenvalue weighted by Crippen LogP contribution is 2.17. The zero-order valence-corrected chi connectivity index (χ0v) is 11.9. The molecule has 0 aliphatic carbocycles. The van der Waals surface area contributed by atoms with Crippen molar-refractivity contribution in [3.8, 4) is 11.8 Å². The molecule has 0 saturated heterocycles. The zero-order valence-electron chi connectivity index (χ0n) is 11.9. The van der Waals surface area contributed by atoms with Gasteiger partial charge in [-0.15, -0.1) is 5.10 Å². The maximum atomic E-state index is 12.1. The Bertz CT molecular complexity index is 766. The normalized spacial score (nSPS) is 10.2. The molecule has 0 radical (unpaired) electrons. The number of rotatable bonds is 4. The van der Waals surface area contributed by atoms with Gasteiger partial charge in [0.1, 0.15) is 5.75 Å². The quantitative estimate of drug-likeness (QED) is 0.774. The van der Waals surface area contributed by atoms with Crippen molar-refractivity contribution in [3.63, 3.8) is 0 Å². The van der Waals surface area contributed by atoms with Gasteiger partial charge in [-0.3, -0.25) is 10.1 Å². The molecule has 1 amide bonds. The molecule has 0 saturated carbocycles. The minimum Gasteiger partial charge on any atom is -0.423 e. The SMILES string of the molecule is Cc1ccc(C(=O)Nc2nc(Oc3ccccc3)n[nH]2)cc1. The Morgan fingerprint density at radius 2 is 1.82 bits per heavy atom. The van der Waals surface area contributed by atoms with Crippen molar-refractivity contribution >= 4 is 11.9 Å². The Morgan fingerprint density at radius 3 is 2.55 bits per heavy atom. The lowest BCUT2D eigenvalue weighted by molar-refractivity contribution is 0.102. The summed E-state index contributed by atoms with van der Waals surface area (Å²) in [6, 6.07) is 16.6. The van der Waals surface area contributed by atoms with Gasteiger partial charge in [-0.1, -0.05) is 35.9 Å². The molecule has 2 N–H and O–H groups in total. The van der Waals surface area contributed by atoms with Gasteiger partial charge in [0.25, 0.3) is 5.91 Å².